The van der Waals surface area contributed by atoms with Crippen molar-refractivity contribution in [2.45, 2.75) is 37.8 Å². The van der Waals surface area contributed by atoms with Crippen molar-refractivity contribution in [2.24, 2.45) is 5.92 Å². The molecule has 2 atom stereocenters. The van der Waals surface area contributed by atoms with E-state index in [1.54, 1.807) is 4.90 Å². The molecule has 1 saturated carbocycles. The van der Waals surface area contributed by atoms with E-state index in [1.807, 2.05) is 11.8 Å². The van der Waals surface area contributed by atoms with Crippen LogP contribution < -0.4 is 0 Å². The number of hydrogen-bond acceptors (Lipinski definition) is 4. The van der Waals surface area contributed by atoms with Gasteiger partial charge in [0.1, 0.15) is 6.10 Å². The maximum Gasteiger partial charge on any atom is 0.292 e. The van der Waals surface area contributed by atoms with Gasteiger partial charge in [-0.25, -0.2) is 0 Å². The van der Waals surface area contributed by atoms with Crippen LogP contribution in [-0.4, -0.2) is 40.5 Å². The van der Waals surface area contributed by atoms with Crippen LogP contribution in [0.4, 0.5) is 0 Å². The molecule has 0 radical (unpaired) electrons. The second kappa shape index (κ2) is 3.95. The molecule has 0 aromatic carbocycles. The zero-order valence-electron chi connectivity index (χ0n) is 9.15. The van der Waals surface area contributed by atoms with E-state index in [2.05, 4.69) is 0 Å². The molecular formula is C11H16N2O2S. The van der Waals surface area contributed by atoms with Crippen LogP contribution >= 0.6 is 11.8 Å². The van der Waals surface area contributed by atoms with Gasteiger partial charge in [0, 0.05) is 17.4 Å². The van der Waals surface area contributed by atoms with E-state index in [0.717, 1.165) is 37.2 Å². The number of rotatable bonds is 1. The Balaban J connectivity index is 1.77. The summed E-state index contributed by atoms with van der Waals surface area (Å²) in [5, 5.41) is 7.77. The fourth-order valence-electron chi connectivity index (χ4n) is 2.86. The quantitative estimate of drug-likeness (QED) is 0.755. The number of carbonyl (C=O) groups excluding carboxylic acids is 1. The number of amides is 1. The van der Waals surface area contributed by atoms with Crippen LogP contribution in [0.5, 0.6) is 0 Å². The number of nitrogens with one attached hydrogen (secondary N) is 1. The summed E-state index contributed by atoms with van der Waals surface area (Å²) in [5.41, 5.74) is 0. The van der Waals surface area contributed by atoms with Crippen molar-refractivity contribution >= 4 is 23.7 Å². The zero-order valence-corrected chi connectivity index (χ0v) is 9.96. The Kier molecular flexibility index (Phi) is 2.58. The Morgan fingerprint density at radius 3 is 2.88 bits per heavy atom. The van der Waals surface area contributed by atoms with Gasteiger partial charge >= 0.3 is 0 Å². The summed E-state index contributed by atoms with van der Waals surface area (Å²) >= 11 is 1.82. The highest BCUT2D eigenvalue weighted by molar-refractivity contribution is 7.99. The minimum Gasteiger partial charge on any atom is -0.459 e. The highest BCUT2D eigenvalue weighted by Gasteiger charge is 2.47. The van der Waals surface area contributed by atoms with E-state index in [1.165, 1.54) is 0 Å². The minimum absolute atomic E-state index is 0.0721. The third-order valence-electron chi connectivity index (χ3n) is 3.76. The van der Waals surface area contributed by atoms with Gasteiger partial charge in [0.2, 0.25) is 5.91 Å². The van der Waals surface area contributed by atoms with Gasteiger partial charge in [0.15, 0.2) is 0 Å². The average Bonchev–Trinajstić information content (AvgIpc) is 2.89. The fourth-order valence-corrected chi connectivity index (χ4v) is 4.12. The molecule has 5 heteroatoms. The Bertz CT molecular complexity index is 328. The van der Waals surface area contributed by atoms with E-state index >= 15 is 0 Å². The molecule has 1 N–H and O–H groups in total. The van der Waals surface area contributed by atoms with Crippen molar-refractivity contribution < 1.29 is 9.53 Å². The summed E-state index contributed by atoms with van der Waals surface area (Å²) in [4.78, 5) is 13.9. The lowest BCUT2D eigenvalue weighted by Gasteiger charge is -2.22. The number of hydrogen-bond donors (Lipinski definition) is 1. The molecule has 2 aliphatic heterocycles. The first kappa shape index (κ1) is 10.4. The van der Waals surface area contributed by atoms with Crippen LogP contribution in [0.25, 0.3) is 0 Å². The van der Waals surface area contributed by atoms with E-state index in [4.69, 9.17) is 10.1 Å². The second-order valence-electron chi connectivity index (χ2n) is 4.76. The summed E-state index contributed by atoms with van der Waals surface area (Å²) in [5.74, 6) is 2.12. The lowest BCUT2D eigenvalue weighted by Crippen LogP contribution is -2.43. The minimum atomic E-state index is 0.0721. The van der Waals surface area contributed by atoms with Crippen molar-refractivity contribution in [2.75, 3.05) is 11.5 Å². The van der Waals surface area contributed by atoms with Crippen LogP contribution in [0.2, 0.25) is 0 Å². The molecule has 0 spiro atoms. The Hall–Kier alpha value is -0.710. The molecule has 3 aliphatic rings. The van der Waals surface area contributed by atoms with Crippen molar-refractivity contribution in [1.82, 2.24) is 4.90 Å². The standard InChI is InChI=1S/C11H16N2O2S/c12-11-13(8-5-16-6-9(8)15-11)10(14)7-3-1-2-4-7/h7-9,12H,1-6H2. The van der Waals surface area contributed by atoms with Gasteiger partial charge in [-0.15, -0.1) is 0 Å². The molecule has 2 unspecified atom stereocenters. The van der Waals surface area contributed by atoms with E-state index < -0.39 is 0 Å². The van der Waals surface area contributed by atoms with Gasteiger partial charge in [-0.3, -0.25) is 15.1 Å². The molecule has 1 amide bonds. The predicted octanol–water partition coefficient (Wildman–Crippen LogP) is 1.45. The Morgan fingerprint density at radius 1 is 1.38 bits per heavy atom. The summed E-state index contributed by atoms with van der Waals surface area (Å²) in [6.07, 6.45) is 4.37. The Morgan fingerprint density at radius 2 is 2.12 bits per heavy atom. The van der Waals surface area contributed by atoms with Gasteiger partial charge in [0.05, 0.1) is 6.04 Å². The summed E-state index contributed by atoms with van der Waals surface area (Å²) in [6.45, 7) is 0. The third-order valence-corrected chi connectivity index (χ3v) is 4.90. The van der Waals surface area contributed by atoms with Crippen LogP contribution in [0.3, 0.4) is 0 Å². The second-order valence-corrected chi connectivity index (χ2v) is 5.83. The van der Waals surface area contributed by atoms with E-state index in [0.29, 0.717) is 0 Å². The highest BCUT2D eigenvalue weighted by atomic mass is 32.2. The molecule has 1 aliphatic carbocycles. The number of ether oxygens (including phenoxy) is 1. The first-order valence-electron chi connectivity index (χ1n) is 5.93. The van der Waals surface area contributed by atoms with Crippen molar-refractivity contribution in [3.05, 3.63) is 0 Å². The van der Waals surface area contributed by atoms with Crippen molar-refractivity contribution in [3.63, 3.8) is 0 Å². The molecule has 0 aromatic rings. The molecular weight excluding hydrogens is 224 g/mol. The fraction of sp³-hybridized carbons (Fsp3) is 0.818. The van der Waals surface area contributed by atoms with Gasteiger partial charge in [-0.2, -0.15) is 11.8 Å². The summed E-state index contributed by atoms with van der Waals surface area (Å²) < 4.78 is 5.45. The smallest absolute Gasteiger partial charge is 0.292 e. The molecule has 16 heavy (non-hydrogen) atoms. The molecule has 2 heterocycles. The summed E-state index contributed by atoms with van der Waals surface area (Å²) in [6, 6.07) is 0.220. The lowest BCUT2D eigenvalue weighted by molar-refractivity contribution is -0.132. The largest absolute Gasteiger partial charge is 0.459 e. The van der Waals surface area contributed by atoms with Gasteiger partial charge < -0.3 is 4.74 Å². The van der Waals surface area contributed by atoms with Crippen molar-refractivity contribution in [1.29, 1.82) is 5.41 Å². The maximum absolute atomic E-state index is 12.3. The molecule has 3 fully saturated rings. The van der Waals surface area contributed by atoms with E-state index in [9.17, 15) is 4.79 Å². The normalized spacial score (nSPS) is 34.2. The van der Waals surface area contributed by atoms with Crippen molar-refractivity contribution in [3.8, 4) is 0 Å². The first-order valence-corrected chi connectivity index (χ1v) is 7.09. The lowest BCUT2D eigenvalue weighted by atomic mass is 10.1. The van der Waals surface area contributed by atoms with Gasteiger partial charge in [-0.05, 0) is 12.8 Å². The monoisotopic (exact) mass is 240 g/mol. The molecule has 3 rings (SSSR count). The molecule has 4 nitrogen and oxygen atoms in total. The highest BCUT2D eigenvalue weighted by Crippen LogP contribution is 2.35. The number of amidine groups is 1. The van der Waals surface area contributed by atoms with Gasteiger partial charge in [0.25, 0.3) is 6.02 Å². The third kappa shape index (κ3) is 1.52. The van der Waals surface area contributed by atoms with Crippen LogP contribution in [-0.2, 0) is 9.53 Å². The van der Waals surface area contributed by atoms with Gasteiger partial charge in [-0.1, -0.05) is 12.8 Å². The maximum atomic E-state index is 12.3. The molecule has 0 bridgehead atoms. The molecule has 0 aromatic heterocycles. The molecule has 88 valence electrons. The number of nitrogens with zero attached hydrogens (tertiary/aromatic N) is 1. The zero-order chi connectivity index (χ0) is 11.1. The first-order chi connectivity index (χ1) is 7.77. The van der Waals surface area contributed by atoms with E-state index in [-0.39, 0.29) is 30.0 Å². The topological polar surface area (TPSA) is 53.4 Å². The average molecular weight is 240 g/mol. The predicted molar refractivity (Wildman–Crippen MR) is 62.5 cm³/mol. The van der Waals surface area contributed by atoms with Crippen LogP contribution in [0, 0.1) is 11.3 Å². The number of thioether (sulfide) groups is 1. The molecule has 2 saturated heterocycles. The van der Waals surface area contributed by atoms with Crippen LogP contribution in [0.15, 0.2) is 0 Å². The number of fused-ring (bicyclic) bond motifs is 1. The van der Waals surface area contributed by atoms with Crippen LogP contribution in [0.1, 0.15) is 25.7 Å². The Labute approximate surface area is 99.2 Å². The SMILES string of the molecule is N=C1OC2CSCC2N1C(=O)C1CCCC1. The summed E-state index contributed by atoms with van der Waals surface area (Å²) in [7, 11) is 0. The number of carbonyl (C=O) groups is 1.